The van der Waals surface area contributed by atoms with Crippen LogP contribution in [0.2, 0.25) is 0 Å². The third kappa shape index (κ3) is 5.52. The number of amides is 1. The van der Waals surface area contributed by atoms with E-state index in [0.29, 0.717) is 29.3 Å². The zero-order valence-electron chi connectivity index (χ0n) is 17.4. The van der Waals surface area contributed by atoms with Gasteiger partial charge in [0.25, 0.3) is 10.0 Å². The van der Waals surface area contributed by atoms with Gasteiger partial charge < -0.3 is 14.6 Å². The maximum atomic E-state index is 12.5. The molecule has 2 aromatic carbocycles. The molecule has 8 nitrogen and oxygen atoms in total. The summed E-state index contributed by atoms with van der Waals surface area (Å²) < 4.78 is 38.0. The Morgan fingerprint density at radius 2 is 1.84 bits per heavy atom. The summed E-state index contributed by atoms with van der Waals surface area (Å²) in [4.78, 5) is 12.3. The van der Waals surface area contributed by atoms with Crippen LogP contribution in [0.5, 0.6) is 5.75 Å². The monoisotopic (exact) mass is 441 g/mol. The maximum absolute atomic E-state index is 12.5. The lowest BCUT2D eigenvalue weighted by Gasteiger charge is -2.08. The van der Waals surface area contributed by atoms with Crippen molar-refractivity contribution in [2.24, 2.45) is 0 Å². The van der Waals surface area contributed by atoms with Crippen LogP contribution in [0.4, 0.5) is 11.6 Å². The van der Waals surface area contributed by atoms with Crippen molar-refractivity contribution in [1.82, 2.24) is 5.16 Å². The Labute approximate surface area is 181 Å². The first kappa shape index (κ1) is 22.1. The van der Waals surface area contributed by atoms with Crippen LogP contribution in [0.3, 0.4) is 0 Å². The largest absolute Gasteiger partial charge is 0.493 e. The molecule has 162 valence electrons. The van der Waals surface area contributed by atoms with Gasteiger partial charge in [-0.1, -0.05) is 23.4 Å². The molecule has 0 spiro atoms. The second kappa shape index (κ2) is 9.48. The van der Waals surface area contributed by atoms with E-state index in [0.717, 1.165) is 5.56 Å². The van der Waals surface area contributed by atoms with E-state index < -0.39 is 10.0 Å². The Morgan fingerprint density at radius 1 is 1.13 bits per heavy atom. The number of hydrogen-bond acceptors (Lipinski definition) is 6. The van der Waals surface area contributed by atoms with Crippen LogP contribution in [-0.4, -0.2) is 26.1 Å². The third-order valence-electron chi connectivity index (χ3n) is 4.45. The summed E-state index contributed by atoms with van der Waals surface area (Å²) in [7, 11) is -3.85. The molecule has 0 fully saturated rings. The fourth-order valence-corrected chi connectivity index (χ4v) is 3.71. The van der Waals surface area contributed by atoms with Gasteiger partial charge in [0, 0.05) is 22.9 Å². The number of benzene rings is 2. The Kier molecular flexibility index (Phi) is 6.76. The molecular formula is C22H23N3O5S. The number of aryl methyl sites for hydroxylation is 1. The SMILES string of the molecule is CCOc1ccccc1/C=C/C(=O)Nc1ccc(S(=O)(=O)Nc2onc(C)c2C)cc1. The van der Waals surface area contributed by atoms with Crippen molar-refractivity contribution in [2.45, 2.75) is 25.7 Å². The van der Waals surface area contributed by atoms with Gasteiger partial charge in [0.15, 0.2) is 0 Å². The van der Waals surface area contributed by atoms with E-state index >= 15 is 0 Å². The van der Waals surface area contributed by atoms with Crippen molar-refractivity contribution in [3.63, 3.8) is 0 Å². The number of hydrogen-bond donors (Lipinski definition) is 2. The van der Waals surface area contributed by atoms with Crippen molar-refractivity contribution >= 4 is 33.6 Å². The van der Waals surface area contributed by atoms with Crippen molar-refractivity contribution in [3.8, 4) is 5.75 Å². The molecule has 0 saturated carbocycles. The van der Waals surface area contributed by atoms with Crippen LogP contribution in [0.15, 0.2) is 64.0 Å². The number of carbonyl (C=O) groups is 1. The number of sulfonamides is 1. The van der Waals surface area contributed by atoms with E-state index in [1.54, 1.807) is 19.9 Å². The zero-order chi connectivity index (χ0) is 22.4. The molecule has 1 heterocycles. The second-order valence-electron chi connectivity index (χ2n) is 6.65. The Morgan fingerprint density at radius 3 is 2.48 bits per heavy atom. The van der Waals surface area contributed by atoms with Crippen LogP contribution in [0.1, 0.15) is 23.7 Å². The topological polar surface area (TPSA) is 111 Å². The molecule has 0 bridgehead atoms. The number of carbonyl (C=O) groups excluding carboxylic acids is 1. The van der Waals surface area contributed by atoms with Gasteiger partial charge in [-0.05, 0) is 57.2 Å². The smallest absolute Gasteiger partial charge is 0.264 e. The normalized spacial score (nSPS) is 11.5. The lowest BCUT2D eigenvalue weighted by atomic mass is 10.2. The minimum atomic E-state index is -3.85. The Balaban J connectivity index is 1.66. The highest BCUT2D eigenvalue weighted by atomic mass is 32.2. The predicted molar refractivity (Wildman–Crippen MR) is 119 cm³/mol. The summed E-state index contributed by atoms with van der Waals surface area (Å²) in [5.74, 6) is 0.411. The van der Waals surface area contributed by atoms with Gasteiger partial charge in [0.05, 0.1) is 17.2 Å². The van der Waals surface area contributed by atoms with Gasteiger partial charge in [-0.25, -0.2) is 13.1 Å². The Bertz CT molecular complexity index is 1200. The van der Waals surface area contributed by atoms with Crippen LogP contribution >= 0.6 is 0 Å². The molecule has 31 heavy (non-hydrogen) atoms. The van der Waals surface area contributed by atoms with Crippen LogP contribution in [0, 0.1) is 13.8 Å². The van der Waals surface area contributed by atoms with Crippen LogP contribution < -0.4 is 14.8 Å². The molecule has 0 aliphatic heterocycles. The van der Waals surface area contributed by atoms with Gasteiger partial charge >= 0.3 is 0 Å². The molecule has 9 heteroatoms. The average Bonchev–Trinajstić information content (AvgIpc) is 3.05. The highest BCUT2D eigenvalue weighted by Gasteiger charge is 2.19. The molecular weight excluding hydrogens is 418 g/mol. The highest BCUT2D eigenvalue weighted by molar-refractivity contribution is 7.92. The van der Waals surface area contributed by atoms with Gasteiger partial charge in [0.1, 0.15) is 5.75 Å². The molecule has 1 amide bonds. The Hall–Kier alpha value is -3.59. The standard InChI is InChI=1S/C22H23N3O5S/c1-4-29-20-8-6-5-7-17(20)9-14-21(26)23-18-10-12-19(13-11-18)31(27,28)25-22-15(2)16(3)24-30-22/h5-14,25H,4H2,1-3H3,(H,23,26)/b14-9+. The maximum Gasteiger partial charge on any atom is 0.264 e. The molecule has 1 aromatic heterocycles. The van der Waals surface area contributed by atoms with Crippen molar-refractivity contribution in [3.05, 3.63) is 71.4 Å². The van der Waals surface area contributed by atoms with E-state index in [-0.39, 0.29) is 16.7 Å². The minimum Gasteiger partial charge on any atom is -0.493 e. The fourth-order valence-electron chi connectivity index (χ4n) is 2.66. The van der Waals surface area contributed by atoms with E-state index in [2.05, 4.69) is 15.2 Å². The first-order valence-corrected chi connectivity index (χ1v) is 11.0. The summed E-state index contributed by atoms with van der Waals surface area (Å²) in [5.41, 5.74) is 2.46. The van der Waals surface area contributed by atoms with Crippen LogP contribution in [0.25, 0.3) is 6.08 Å². The summed E-state index contributed by atoms with van der Waals surface area (Å²) in [6.45, 7) is 5.84. The number of nitrogens with one attached hydrogen (secondary N) is 2. The van der Waals surface area contributed by atoms with Gasteiger partial charge in [-0.2, -0.15) is 0 Å². The molecule has 3 aromatic rings. The number of nitrogens with zero attached hydrogens (tertiary/aromatic N) is 1. The van der Waals surface area contributed by atoms with Gasteiger partial charge in [-0.3, -0.25) is 4.79 Å². The first-order chi connectivity index (χ1) is 14.8. The van der Waals surface area contributed by atoms with Crippen LogP contribution in [-0.2, 0) is 14.8 Å². The first-order valence-electron chi connectivity index (χ1n) is 9.57. The number of para-hydroxylation sites is 1. The highest BCUT2D eigenvalue weighted by Crippen LogP contribution is 2.23. The summed E-state index contributed by atoms with van der Waals surface area (Å²) >= 11 is 0. The van der Waals surface area contributed by atoms with E-state index in [4.69, 9.17) is 9.26 Å². The lowest BCUT2D eigenvalue weighted by molar-refractivity contribution is -0.111. The molecule has 0 saturated heterocycles. The van der Waals surface area contributed by atoms with Crippen molar-refractivity contribution in [2.75, 3.05) is 16.6 Å². The molecule has 3 rings (SSSR count). The number of anilines is 2. The summed E-state index contributed by atoms with van der Waals surface area (Å²) in [5, 5.41) is 6.43. The molecule has 0 aliphatic rings. The number of rotatable bonds is 8. The number of aromatic nitrogens is 1. The minimum absolute atomic E-state index is 0.0279. The average molecular weight is 442 g/mol. The molecule has 0 unspecified atom stereocenters. The molecule has 0 aliphatic carbocycles. The van der Waals surface area contributed by atoms with Gasteiger partial charge in [0.2, 0.25) is 11.8 Å². The lowest BCUT2D eigenvalue weighted by Crippen LogP contribution is -2.13. The van der Waals surface area contributed by atoms with E-state index in [1.165, 1.54) is 30.3 Å². The fraction of sp³-hybridized carbons (Fsp3) is 0.182. The summed E-state index contributed by atoms with van der Waals surface area (Å²) in [6.07, 6.45) is 3.05. The zero-order valence-corrected chi connectivity index (χ0v) is 18.2. The summed E-state index contributed by atoms with van der Waals surface area (Å²) in [6, 6.07) is 13.2. The molecule has 0 radical (unpaired) electrons. The van der Waals surface area contributed by atoms with E-state index in [9.17, 15) is 13.2 Å². The van der Waals surface area contributed by atoms with Gasteiger partial charge in [-0.15, -0.1) is 0 Å². The van der Waals surface area contributed by atoms with Crippen molar-refractivity contribution in [1.29, 1.82) is 0 Å². The molecule has 2 N–H and O–H groups in total. The quantitative estimate of drug-likeness (QED) is 0.508. The third-order valence-corrected chi connectivity index (χ3v) is 5.80. The van der Waals surface area contributed by atoms with E-state index in [1.807, 2.05) is 31.2 Å². The number of ether oxygens (including phenoxy) is 1. The molecule has 0 atom stereocenters. The predicted octanol–water partition coefficient (Wildman–Crippen LogP) is 4.14. The second-order valence-corrected chi connectivity index (χ2v) is 8.33. The van der Waals surface area contributed by atoms with Crippen molar-refractivity contribution < 1.29 is 22.5 Å².